The molecule has 0 aliphatic rings. The predicted octanol–water partition coefficient (Wildman–Crippen LogP) is 2.35. The molecule has 2 N–H and O–H groups in total. The summed E-state index contributed by atoms with van der Waals surface area (Å²) in [6.07, 6.45) is 0. The molecule has 0 amide bonds. The Balaban J connectivity index is 0.000000810. The van der Waals surface area contributed by atoms with E-state index >= 15 is 0 Å². The van der Waals surface area contributed by atoms with E-state index in [0.29, 0.717) is 0 Å². The maximum atomic E-state index is 5.55. The van der Waals surface area contributed by atoms with E-state index in [2.05, 4.69) is 20.9 Å². The molecule has 1 heterocycles. The zero-order valence-corrected chi connectivity index (χ0v) is 8.59. The predicted molar refractivity (Wildman–Crippen MR) is 49.7 cm³/mol. The van der Waals surface area contributed by atoms with Gasteiger partial charge >= 0.3 is 0 Å². The Labute approximate surface area is 78.4 Å². The second-order valence-electron chi connectivity index (χ2n) is 1.81. The van der Waals surface area contributed by atoms with Crippen molar-refractivity contribution in [3.05, 3.63) is 15.0 Å². The number of hydrogen-bond donors (Lipinski definition) is 1. The summed E-state index contributed by atoms with van der Waals surface area (Å²) in [6.45, 7) is 1.92. The van der Waals surface area contributed by atoms with E-state index in [9.17, 15) is 0 Å². The van der Waals surface area contributed by atoms with Gasteiger partial charge in [0, 0.05) is 11.4 Å². The van der Waals surface area contributed by atoms with Crippen molar-refractivity contribution in [2.75, 3.05) is 0 Å². The summed E-state index contributed by atoms with van der Waals surface area (Å²) >= 11 is 4.81. The zero-order valence-electron chi connectivity index (χ0n) is 5.37. The van der Waals surface area contributed by atoms with Crippen LogP contribution < -0.4 is 5.73 Å². The molecule has 0 fully saturated rings. The number of rotatable bonds is 1. The van der Waals surface area contributed by atoms with Gasteiger partial charge in [-0.25, -0.2) is 4.98 Å². The average Bonchev–Trinajstić information content (AvgIpc) is 2.14. The number of nitrogens with zero attached hydrogens (tertiary/aromatic N) is 1. The Hall–Kier alpha value is 0.360. The molecule has 0 radical (unpaired) electrons. The van der Waals surface area contributed by atoms with Crippen LogP contribution in [0.5, 0.6) is 0 Å². The van der Waals surface area contributed by atoms with E-state index in [1.165, 1.54) is 0 Å². The van der Waals surface area contributed by atoms with Gasteiger partial charge in [-0.3, -0.25) is 0 Å². The third-order valence-corrected chi connectivity index (χ3v) is 2.34. The first-order valence-corrected chi connectivity index (χ1v) is 4.24. The van der Waals surface area contributed by atoms with Crippen LogP contribution in [0.2, 0.25) is 0 Å². The topological polar surface area (TPSA) is 38.9 Å². The highest BCUT2D eigenvalue weighted by atomic mass is 79.9. The molecule has 0 bridgehead atoms. The normalized spacial score (nSPS) is 12.3. The third kappa shape index (κ3) is 2.54. The summed E-state index contributed by atoms with van der Waals surface area (Å²) in [5.74, 6) is 0. The number of thiazole rings is 1. The van der Waals surface area contributed by atoms with Gasteiger partial charge in [0.25, 0.3) is 0 Å². The highest BCUT2D eigenvalue weighted by Gasteiger charge is 2.01. The SMILES string of the molecule is C[C@@H](N)c1csc(Br)n1.Cl. The Morgan fingerprint density at radius 3 is 2.60 bits per heavy atom. The van der Waals surface area contributed by atoms with Crippen molar-refractivity contribution in [3.8, 4) is 0 Å². The molecule has 2 nitrogen and oxygen atoms in total. The molecule has 0 unspecified atom stereocenters. The number of hydrogen-bond acceptors (Lipinski definition) is 3. The van der Waals surface area contributed by atoms with E-state index in [1.807, 2.05) is 12.3 Å². The van der Waals surface area contributed by atoms with Gasteiger partial charge in [-0.1, -0.05) is 0 Å². The fourth-order valence-corrected chi connectivity index (χ4v) is 1.60. The summed E-state index contributed by atoms with van der Waals surface area (Å²) in [4.78, 5) is 4.12. The number of nitrogens with two attached hydrogens (primary N) is 1. The van der Waals surface area contributed by atoms with Crippen LogP contribution in [0, 0.1) is 0 Å². The minimum absolute atomic E-state index is 0. The molecule has 0 aliphatic heterocycles. The molecule has 58 valence electrons. The van der Waals surface area contributed by atoms with Gasteiger partial charge in [0.2, 0.25) is 0 Å². The van der Waals surface area contributed by atoms with E-state index in [1.54, 1.807) is 11.3 Å². The zero-order chi connectivity index (χ0) is 6.85. The van der Waals surface area contributed by atoms with Crippen LogP contribution in [-0.2, 0) is 0 Å². The lowest BCUT2D eigenvalue weighted by atomic mass is 10.3. The lowest BCUT2D eigenvalue weighted by Crippen LogP contribution is -2.04. The Morgan fingerprint density at radius 2 is 2.40 bits per heavy atom. The maximum absolute atomic E-state index is 5.55. The summed E-state index contributed by atoms with van der Waals surface area (Å²) in [6, 6.07) is 0.0487. The largest absolute Gasteiger partial charge is 0.323 e. The van der Waals surface area contributed by atoms with Gasteiger partial charge in [-0.15, -0.1) is 23.7 Å². The molecule has 0 spiro atoms. The van der Waals surface area contributed by atoms with E-state index in [4.69, 9.17) is 5.73 Å². The monoisotopic (exact) mass is 242 g/mol. The first-order chi connectivity index (χ1) is 4.20. The maximum Gasteiger partial charge on any atom is 0.159 e. The summed E-state index contributed by atoms with van der Waals surface area (Å²) in [5.41, 5.74) is 6.50. The highest BCUT2D eigenvalue weighted by Crippen LogP contribution is 2.18. The van der Waals surface area contributed by atoms with Crippen LogP contribution in [0.25, 0.3) is 0 Å². The highest BCUT2D eigenvalue weighted by molar-refractivity contribution is 9.11. The van der Waals surface area contributed by atoms with Crippen LogP contribution in [-0.4, -0.2) is 4.98 Å². The van der Waals surface area contributed by atoms with Gasteiger partial charge in [0.15, 0.2) is 3.92 Å². The molecule has 10 heavy (non-hydrogen) atoms. The van der Waals surface area contributed by atoms with E-state index < -0.39 is 0 Å². The van der Waals surface area contributed by atoms with Crippen molar-refractivity contribution in [2.45, 2.75) is 13.0 Å². The first kappa shape index (κ1) is 10.4. The fraction of sp³-hybridized carbons (Fsp3) is 0.400. The first-order valence-electron chi connectivity index (χ1n) is 2.56. The van der Waals surface area contributed by atoms with Gasteiger partial charge in [0.1, 0.15) is 0 Å². The van der Waals surface area contributed by atoms with Crippen molar-refractivity contribution in [1.29, 1.82) is 0 Å². The van der Waals surface area contributed by atoms with Crippen LogP contribution in [0.4, 0.5) is 0 Å². The second kappa shape index (κ2) is 4.28. The van der Waals surface area contributed by atoms with Crippen LogP contribution in [0.1, 0.15) is 18.7 Å². The third-order valence-electron chi connectivity index (χ3n) is 0.960. The van der Waals surface area contributed by atoms with E-state index in [-0.39, 0.29) is 18.4 Å². The molecule has 0 saturated carbocycles. The number of halogens is 2. The van der Waals surface area contributed by atoms with Crippen molar-refractivity contribution in [3.63, 3.8) is 0 Å². The Kier molecular flexibility index (Phi) is 4.44. The van der Waals surface area contributed by atoms with Crippen molar-refractivity contribution in [2.24, 2.45) is 5.73 Å². The van der Waals surface area contributed by atoms with Crippen LogP contribution in [0.3, 0.4) is 0 Å². The van der Waals surface area contributed by atoms with Gasteiger partial charge < -0.3 is 5.73 Å². The lowest BCUT2D eigenvalue weighted by Gasteiger charge is -1.95. The Bertz CT molecular complexity index is 201. The number of aromatic nitrogens is 1. The minimum Gasteiger partial charge on any atom is -0.323 e. The van der Waals surface area contributed by atoms with Crippen LogP contribution in [0.15, 0.2) is 9.30 Å². The van der Waals surface area contributed by atoms with Crippen molar-refractivity contribution in [1.82, 2.24) is 4.98 Å². The standard InChI is InChI=1S/C5H7BrN2S.ClH/c1-3(7)4-2-9-5(6)8-4;/h2-3H,7H2,1H3;1H/t3-;/m1./s1. The second-order valence-corrected chi connectivity index (χ2v) is 3.95. The molecule has 1 aromatic heterocycles. The van der Waals surface area contributed by atoms with Gasteiger partial charge in [-0.05, 0) is 22.9 Å². The molecular weight excluding hydrogens is 235 g/mol. The molecule has 1 aromatic rings. The quantitative estimate of drug-likeness (QED) is 0.822. The minimum atomic E-state index is 0. The van der Waals surface area contributed by atoms with Gasteiger partial charge in [0.05, 0.1) is 5.69 Å². The molecule has 0 aromatic carbocycles. The van der Waals surface area contributed by atoms with E-state index in [0.717, 1.165) is 9.61 Å². The van der Waals surface area contributed by atoms with Gasteiger partial charge in [-0.2, -0.15) is 0 Å². The smallest absolute Gasteiger partial charge is 0.159 e. The summed E-state index contributed by atoms with van der Waals surface area (Å²) in [5, 5.41) is 1.95. The Morgan fingerprint density at radius 1 is 1.80 bits per heavy atom. The van der Waals surface area contributed by atoms with Crippen molar-refractivity contribution < 1.29 is 0 Å². The molecular formula is C5H8BrClN2S. The molecule has 1 rings (SSSR count). The van der Waals surface area contributed by atoms with Crippen LogP contribution >= 0.6 is 39.7 Å². The average molecular weight is 244 g/mol. The molecule has 5 heteroatoms. The summed E-state index contributed by atoms with van der Waals surface area (Å²) in [7, 11) is 0. The molecule has 1 atom stereocenters. The fourth-order valence-electron chi connectivity index (χ4n) is 0.472. The molecule has 0 saturated heterocycles. The summed E-state index contributed by atoms with van der Waals surface area (Å²) < 4.78 is 0.898. The van der Waals surface area contributed by atoms with Crippen molar-refractivity contribution >= 4 is 39.7 Å². The molecule has 0 aliphatic carbocycles. The lowest BCUT2D eigenvalue weighted by molar-refractivity contribution is 0.787.